The van der Waals surface area contributed by atoms with Crippen molar-refractivity contribution in [2.75, 3.05) is 25.1 Å². The minimum Gasteiger partial charge on any atom is -0.494 e. The van der Waals surface area contributed by atoms with Crippen LogP contribution in [0.4, 0.5) is 10.1 Å². The number of hydrogen-bond acceptors (Lipinski definition) is 5. The summed E-state index contributed by atoms with van der Waals surface area (Å²) < 4.78 is 23.5. The highest BCUT2D eigenvalue weighted by molar-refractivity contribution is 5.96. The Morgan fingerprint density at radius 2 is 1.79 bits per heavy atom. The Balaban J connectivity index is 1.73. The standard InChI is InChI=1S/C20H21FN2O5/c1-3-27-16-8-5-14(6-9-16)20(26)22-11-19(25)28-12-18(24)23-15-7-4-13(2)17(21)10-15/h4-10H,3,11-12H2,1-2H3,(H,22,26)(H,23,24). The second-order valence-electron chi connectivity index (χ2n) is 5.81. The van der Waals surface area contributed by atoms with Gasteiger partial charge in [-0.05, 0) is 55.8 Å². The van der Waals surface area contributed by atoms with E-state index in [0.29, 0.717) is 23.5 Å². The molecule has 0 saturated carbocycles. The summed E-state index contributed by atoms with van der Waals surface area (Å²) in [6.07, 6.45) is 0. The lowest BCUT2D eigenvalue weighted by atomic mass is 10.2. The first-order chi connectivity index (χ1) is 13.4. The number of carbonyl (C=O) groups excluding carboxylic acids is 3. The van der Waals surface area contributed by atoms with Crippen LogP contribution in [0.15, 0.2) is 42.5 Å². The molecule has 0 saturated heterocycles. The highest BCUT2D eigenvalue weighted by Gasteiger charge is 2.11. The molecular weight excluding hydrogens is 367 g/mol. The first-order valence-corrected chi connectivity index (χ1v) is 8.61. The third kappa shape index (κ3) is 6.39. The van der Waals surface area contributed by atoms with Gasteiger partial charge in [-0.2, -0.15) is 0 Å². The summed E-state index contributed by atoms with van der Waals surface area (Å²) in [5, 5.41) is 4.82. The maximum atomic E-state index is 13.4. The van der Waals surface area contributed by atoms with Crippen LogP contribution >= 0.6 is 0 Å². The van der Waals surface area contributed by atoms with Crippen molar-refractivity contribution >= 4 is 23.5 Å². The molecule has 0 unspecified atom stereocenters. The largest absolute Gasteiger partial charge is 0.494 e. The zero-order chi connectivity index (χ0) is 20.5. The van der Waals surface area contributed by atoms with Crippen LogP contribution in [-0.4, -0.2) is 37.5 Å². The molecular formula is C20H21FN2O5. The number of aryl methyl sites for hydroxylation is 1. The molecule has 0 aliphatic carbocycles. The molecule has 2 aromatic carbocycles. The third-order valence-corrected chi connectivity index (χ3v) is 3.64. The fourth-order valence-corrected chi connectivity index (χ4v) is 2.19. The molecule has 2 rings (SSSR count). The molecule has 7 nitrogen and oxygen atoms in total. The minimum absolute atomic E-state index is 0.257. The lowest BCUT2D eigenvalue weighted by molar-refractivity contribution is -0.146. The Morgan fingerprint density at radius 1 is 1.07 bits per heavy atom. The molecule has 0 spiro atoms. The summed E-state index contributed by atoms with van der Waals surface area (Å²) in [7, 11) is 0. The van der Waals surface area contributed by atoms with Gasteiger partial charge in [0.15, 0.2) is 6.61 Å². The maximum Gasteiger partial charge on any atom is 0.325 e. The van der Waals surface area contributed by atoms with Crippen LogP contribution < -0.4 is 15.4 Å². The molecule has 8 heteroatoms. The fourth-order valence-electron chi connectivity index (χ4n) is 2.19. The van der Waals surface area contributed by atoms with Crippen molar-refractivity contribution in [1.82, 2.24) is 5.32 Å². The molecule has 0 aromatic heterocycles. The first kappa shape index (κ1) is 20.9. The minimum atomic E-state index is -0.774. The SMILES string of the molecule is CCOc1ccc(C(=O)NCC(=O)OCC(=O)Nc2ccc(C)c(F)c2)cc1. The van der Waals surface area contributed by atoms with Crippen molar-refractivity contribution < 1.29 is 28.2 Å². The number of hydrogen-bond donors (Lipinski definition) is 2. The van der Waals surface area contributed by atoms with Gasteiger partial charge in [0.1, 0.15) is 18.1 Å². The molecule has 2 amide bonds. The van der Waals surface area contributed by atoms with E-state index in [1.807, 2.05) is 6.92 Å². The van der Waals surface area contributed by atoms with Crippen LogP contribution in [0, 0.1) is 12.7 Å². The van der Waals surface area contributed by atoms with E-state index in [4.69, 9.17) is 9.47 Å². The Morgan fingerprint density at radius 3 is 2.43 bits per heavy atom. The van der Waals surface area contributed by atoms with Gasteiger partial charge in [0, 0.05) is 11.3 Å². The van der Waals surface area contributed by atoms with Crippen LogP contribution in [-0.2, 0) is 14.3 Å². The second-order valence-corrected chi connectivity index (χ2v) is 5.81. The van der Waals surface area contributed by atoms with Gasteiger partial charge in [-0.25, -0.2) is 4.39 Å². The molecule has 2 N–H and O–H groups in total. The van der Waals surface area contributed by atoms with E-state index in [2.05, 4.69) is 10.6 Å². The number of esters is 1. The van der Waals surface area contributed by atoms with E-state index in [9.17, 15) is 18.8 Å². The predicted octanol–water partition coefficient (Wildman–Crippen LogP) is 2.44. The van der Waals surface area contributed by atoms with Gasteiger partial charge < -0.3 is 20.1 Å². The third-order valence-electron chi connectivity index (χ3n) is 3.64. The Hall–Kier alpha value is -3.42. The zero-order valence-corrected chi connectivity index (χ0v) is 15.6. The van der Waals surface area contributed by atoms with Gasteiger partial charge in [-0.3, -0.25) is 14.4 Å². The zero-order valence-electron chi connectivity index (χ0n) is 15.6. The number of carbonyl (C=O) groups is 3. The summed E-state index contributed by atoms with van der Waals surface area (Å²) in [4.78, 5) is 35.4. The number of anilines is 1. The monoisotopic (exact) mass is 388 g/mol. The van der Waals surface area contributed by atoms with E-state index in [1.165, 1.54) is 18.2 Å². The predicted molar refractivity (Wildman–Crippen MR) is 101 cm³/mol. The topological polar surface area (TPSA) is 93.7 Å². The van der Waals surface area contributed by atoms with E-state index in [0.717, 1.165) is 0 Å². The van der Waals surface area contributed by atoms with Crippen molar-refractivity contribution in [2.45, 2.75) is 13.8 Å². The molecule has 2 aromatic rings. The van der Waals surface area contributed by atoms with Crippen molar-refractivity contribution in [2.24, 2.45) is 0 Å². The normalized spacial score (nSPS) is 10.1. The van der Waals surface area contributed by atoms with E-state index in [1.54, 1.807) is 31.2 Å². The van der Waals surface area contributed by atoms with Gasteiger partial charge in [0.05, 0.1) is 6.61 Å². The Bertz CT molecular complexity index is 852. The molecule has 0 radical (unpaired) electrons. The Labute approximate surface area is 161 Å². The van der Waals surface area contributed by atoms with Crippen molar-refractivity contribution in [1.29, 1.82) is 0 Å². The highest BCUT2D eigenvalue weighted by atomic mass is 19.1. The average Bonchev–Trinajstić information content (AvgIpc) is 2.68. The summed E-state index contributed by atoms with van der Waals surface area (Å²) >= 11 is 0. The maximum absolute atomic E-state index is 13.4. The van der Waals surface area contributed by atoms with Gasteiger partial charge in [0.2, 0.25) is 0 Å². The molecule has 0 bridgehead atoms. The fraction of sp³-hybridized carbons (Fsp3) is 0.250. The second kappa shape index (κ2) is 10.1. The number of amides is 2. The average molecular weight is 388 g/mol. The van der Waals surface area contributed by atoms with Gasteiger partial charge in [-0.1, -0.05) is 6.07 Å². The van der Waals surface area contributed by atoms with Crippen LogP contribution in [0.5, 0.6) is 5.75 Å². The molecule has 28 heavy (non-hydrogen) atoms. The van der Waals surface area contributed by atoms with Gasteiger partial charge in [0.25, 0.3) is 11.8 Å². The van der Waals surface area contributed by atoms with Gasteiger partial charge >= 0.3 is 5.97 Å². The first-order valence-electron chi connectivity index (χ1n) is 8.61. The molecule has 0 aliphatic heterocycles. The van der Waals surface area contributed by atoms with Crippen LogP contribution in [0.1, 0.15) is 22.8 Å². The number of rotatable bonds is 8. The van der Waals surface area contributed by atoms with Crippen molar-refractivity contribution in [3.63, 3.8) is 0 Å². The number of nitrogens with one attached hydrogen (secondary N) is 2. The van der Waals surface area contributed by atoms with Crippen molar-refractivity contribution in [3.8, 4) is 5.75 Å². The lowest BCUT2D eigenvalue weighted by Crippen LogP contribution is -2.32. The van der Waals surface area contributed by atoms with E-state index >= 15 is 0 Å². The van der Waals surface area contributed by atoms with E-state index < -0.39 is 36.8 Å². The quantitative estimate of drug-likeness (QED) is 0.678. The van der Waals surface area contributed by atoms with Gasteiger partial charge in [-0.15, -0.1) is 0 Å². The lowest BCUT2D eigenvalue weighted by Gasteiger charge is -2.08. The summed E-state index contributed by atoms with van der Waals surface area (Å²) in [5.41, 5.74) is 1.07. The number of halogens is 1. The molecule has 0 heterocycles. The van der Waals surface area contributed by atoms with Crippen LogP contribution in [0.2, 0.25) is 0 Å². The highest BCUT2D eigenvalue weighted by Crippen LogP contribution is 2.13. The molecule has 0 aliphatic rings. The van der Waals surface area contributed by atoms with Crippen LogP contribution in [0.3, 0.4) is 0 Å². The Kier molecular flexibility index (Phi) is 7.50. The summed E-state index contributed by atoms with van der Waals surface area (Å²) in [6, 6.07) is 10.7. The molecule has 0 atom stereocenters. The van der Waals surface area contributed by atoms with Crippen molar-refractivity contribution in [3.05, 3.63) is 59.4 Å². The summed E-state index contributed by atoms with van der Waals surface area (Å²) in [6.45, 7) is 3.03. The molecule has 0 fully saturated rings. The number of ether oxygens (including phenoxy) is 2. The summed E-state index contributed by atoms with van der Waals surface area (Å²) in [5.74, 6) is -1.66. The number of benzene rings is 2. The smallest absolute Gasteiger partial charge is 0.325 e. The van der Waals surface area contributed by atoms with E-state index in [-0.39, 0.29) is 5.69 Å². The molecule has 148 valence electrons. The van der Waals surface area contributed by atoms with Crippen LogP contribution in [0.25, 0.3) is 0 Å².